The van der Waals surface area contributed by atoms with Crippen molar-refractivity contribution in [1.29, 1.82) is 0 Å². The molecular formula is C20H24N2O5. The Hall–Kier alpha value is -2.90. The number of carboxylic acids is 1. The first-order chi connectivity index (χ1) is 13.1. The van der Waals surface area contributed by atoms with Gasteiger partial charge in [-0.2, -0.15) is 0 Å². The summed E-state index contributed by atoms with van der Waals surface area (Å²) in [6.45, 7) is 1.18. The zero-order chi connectivity index (χ0) is 19.5. The van der Waals surface area contributed by atoms with Crippen molar-refractivity contribution in [3.63, 3.8) is 0 Å². The van der Waals surface area contributed by atoms with Crippen LogP contribution in [0.4, 0.5) is 5.69 Å². The van der Waals surface area contributed by atoms with Crippen LogP contribution in [0.15, 0.2) is 54.6 Å². The van der Waals surface area contributed by atoms with Gasteiger partial charge in [0.1, 0.15) is 18.4 Å². The molecule has 0 aromatic heterocycles. The van der Waals surface area contributed by atoms with Crippen molar-refractivity contribution in [1.82, 2.24) is 5.32 Å². The zero-order valence-electron chi connectivity index (χ0n) is 15.2. The highest BCUT2D eigenvalue weighted by Gasteiger charge is 2.20. The Balaban J connectivity index is 1.82. The molecule has 1 amide bonds. The first kappa shape index (κ1) is 20.4. The third-order valence-corrected chi connectivity index (χ3v) is 3.77. The molecular weight excluding hydrogens is 348 g/mol. The number of anilines is 1. The molecule has 2 aromatic carbocycles. The molecule has 0 saturated heterocycles. The maximum Gasteiger partial charge on any atom is 0.321 e. The minimum absolute atomic E-state index is 0.175. The van der Waals surface area contributed by atoms with Gasteiger partial charge < -0.3 is 25.2 Å². The lowest BCUT2D eigenvalue weighted by atomic mass is 10.2. The number of hydrogen-bond donors (Lipinski definition) is 3. The second kappa shape index (κ2) is 10.9. The standard InChI is InChI=1S/C20H24N2O5/c1-26-12-11-21-18(20(24)25)13-19(23)22-16-7-9-17(10-8-16)27-14-15-5-3-2-4-6-15/h2-10,18,21H,11-14H2,1H3,(H,22,23)(H,24,25). The second-order valence-corrected chi connectivity index (χ2v) is 5.89. The number of ether oxygens (including phenoxy) is 2. The number of hydrogen-bond acceptors (Lipinski definition) is 5. The number of amides is 1. The summed E-state index contributed by atoms with van der Waals surface area (Å²) in [5.41, 5.74) is 1.64. The van der Waals surface area contributed by atoms with Crippen LogP contribution in [0.2, 0.25) is 0 Å². The average Bonchev–Trinajstić information content (AvgIpc) is 2.67. The molecule has 1 unspecified atom stereocenters. The van der Waals surface area contributed by atoms with E-state index < -0.39 is 12.0 Å². The van der Waals surface area contributed by atoms with Gasteiger partial charge in [0, 0.05) is 19.3 Å². The predicted molar refractivity (Wildman–Crippen MR) is 102 cm³/mol. The number of nitrogens with one attached hydrogen (secondary N) is 2. The SMILES string of the molecule is COCCNC(CC(=O)Nc1ccc(OCc2ccccc2)cc1)C(=O)O. The molecule has 7 heteroatoms. The highest BCUT2D eigenvalue weighted by molar-refractivity contribution is 5.94. The number of rotatable bonds is 11. The zero-order valence-corrected chi connectivity index (χ0v) is 15.2. The van der Waals surface area contributed by atoms with E-state index in [1.807, 2.05) is 30.3 Å². The molecule has 0 aliphatic carbocycles. The number of benzene rings is 2. The molecule has 0 aliphatic heterocycles. The normalized spacial score (nSPS) is 11.6. The quantitative estimate of drug-likeness (QED) is 0.524. The smallest absolute Gasteiger partial charge is 0.321 e. The first-order valence-electron chi connectivity index (χ1n) is 8.60. The van der Waals surface area contributed by atoms with E-state index in [9.17, 15) is 14.7 Å². The Labute approximate surface area is 158 Å². The van der Waals surface area contributed by atoms with Gasteiger partial charge in [-0.05, 0) is 29.8 Å². The summed E-state index contributed by atoms with van der Waals surface area (Å²) in [4.78, 5) is 23.3. The number of methoxy groups -OCH3 is 1. The van der Waals surface area contributed by atoms with Crippen LogP contribution in [0.5, 0.6) is 5.75 Å². The number of carbonyl (C=O) groups excluding carboxylic acids is 1. The molecule has 1 atom stereocenters. The predicted octanol–water partition coefficient (Wildman–Crippen LogP) is 2.28. The van der Waals surface area contributed by atoms with Crippen molar-refractivity contribution in [3.05, 3.63) is 60.2 Å². The van der Waals surface area contributed by atoms with E-state index in [1.54, 1.807) is 24.3 Å². The van der Waals surface area contributed by atoms with E-state index in [-0.39, 0.29) is 12.3 Å². The van der Waals surface area contributed by atoms with Crippen LogP contribution in [0, 0.1) is 0 Å². The lowest BCUT2D eigenvalue weighted by Crippen LogP contribution is -2.41. The van der Waals surface area contributed by atoms with Gasteiger partial charge in [-0.15, -0.1) is 0 Å². The summed E-state index contributed by atoms with van der Waals surface area (Å²) in [5, 5.41) is 14.6. The van der Waals surface area contributed by atoms with Crippen LogP contribution in [0.25, 0.3) is 0 Å². The van der Waals surface area contributed by atoms with E-state index in [4.69, 9.17) is 9.47 Å². The largest absolute Gasteiger partial charge is 0.489 e. The van der Waals surface area contributed by atoms with Crippen LogP contribution < -0.4 is 15.4 Å². The monoisotopic (exact) mass is 372 g/mol. The minimum atomic E-state index is -1.08. The van der Waals surface area contributed by atoms with Crippen molar-refractivity contribution in [2.75, 3.05) is 25.6 Å². The molecule has 0 fully saturated rings. The van der Waals surface area contributed by atoms with Crippen molar-refractivity contribution in [2.45, 2.75) is 19.1 Å². The number of aliphatic carboxylic acids is 1. The van der Waals surface area contributed by atoms with Crippen LogP contribution in [0.1, 0.15) is 12.0 Å². The molecule has 3 N–H and O–H groups in total. The third kappa shape index (κ3) is 7.47. The fraction of sp³-hybridized carbons (Fsp3) is 0.300. The Morgan fingerprint density at radius 2 is 1.78 bits per heavy atom. The van der Waals surface area contributed by atoms with E-state index in [0.29, 0.717) is 31.2 Å². The summed E-state index contributed by atoms with van der Waals surface area (Å²) in [5.74, 6) is -0.780. The van der Waals surface area contributed by atoms with E-state index in [0.717, 1.165) is 5.56 Å². The van der Waals surface area contributed by atoms with Gasteiger partial charge in [-0.25, -0.2) is 0 Å². The molecule has 144 valence electrons. The molecule has 7 nitrogen and oxygen atoms in total. The summed E-state index contributed by atoms with van der Waals surface area (Å²) < 4.78 is 10.6. The van der Waals surface area contributed by atoms with Gasteiger partial charge in [0.25, 0.3) is 0 Å². The summed E-state index contributed by atoms with van der Waals surface area (Å²) in [7, 11) is 1.53. The fourth-order valence-electron chi connectivity index (χ4n) is 2.35. The molecule has 0 spiro atoms. The van der Waals surface area contributed by atoms with Crippen LogP contribution >= 0.6 is 0 Å². The van der Waals surface area contributed by atoms with E-state index in [2.05, 4.69) is 10.6 Å². The molecule has 2 rings (SSSR count). The highest BCUT2D eigenvalue weighted by atomic mass is 16.5. The maximum atomic E-state index is 12.1. The third-order valence-electron chi connectivity index (χ3n) is 3.77. The molecule has 27 heavy (non-hydrogen) atoms. The average molecular weight is 372 g/mol. The molecule has 0 bridgehead atoms. The fourth-order valence-corrected chi connectivity index (χ4v) is 2.35. The summed E-state index contributed by atoms with van der Waals surface area (Å²) >= 11 is 0. The summed E-state index contributed by atoms with van der Waals surface area (Å²) in [6.07, 6.45) is -0.175. The van der Waals surface area contributed by atoms with E-state index in [1.165, 1.54) is 7.11 Å². The first-order valence-corrected chi connectivity index (χ1v) is 8.60. The highest BCUT2D eigenvalue weighted by Crippen LogP contribution is 2.17. The van der Waals surface area contributed by atoms with Gasteiger partial charge >= 0.3 is 5.97 Å². The Morgan fingerprint density at radius 1 is 1.07 bits per heavy atom. The van der Waals surface area contributed by atoms with Gasteiger partial charge in [0.15, 0.2) is 0 Å². The van der Waals surface area contributed by atoms with Crippen LogP contribution in [0.3, 0.4) is 0 Å². The van der Waals surface area contributed by atoms with Gasteiger partial charge in [-0.3, -0.25) is 9.59 Å². The van der Waals surface area contributed by atoms with Gasteiger partial charge in [0.05, 0.1) is 13.0 Å². The Bertz CT molecular complexity index is 719. The lowest BCUT2D eigenvalue weighted by molar-refractivity contribution is -0.141. The second-order valence-electron chi connectivity index (χ2n) is 5.89. The van der Waals surface area contributed by atoms with Gasteiger partial charge in [-0.1, -0.05) is 30.3 Å². The Kier molecular flexibility index (Phi) is 8.28. The van der Waals surface area contributed by atoms with Crippen molar-refractivity contribution in [3.8, 4) is 5.75 Å². The molecule has 0 aliphatic rings. The van der Waals surface area contributed by atoms with Crippen molar-refractivity contribution >= 4 is 17.6 Å². The topological polar surface area (TPSA) is 96.9 Å². The minimum Gasteiger partial charge on any atom is -0.489 e. The molecule has 0 radical (unpaired) electrons. The maximum absolute atomic E-state index is 12.1. The number of carbonyl (C=O) groups is 2. The van der Waals surface area contributed by atoms with Gasteiger partial charge in [0.2, 0.25) is 5.91 Å². The van der Waals surface area contributed by atoms with Crippen LogP contribution in [-0.4, -0.2) is 43.3 Å². The number of carboxylic acid groups (broad SMARTS) is 1. The molecule has 0 saturated carbocycles. The lowest BCUT2D eigenvalue weighted by Gasteiger charge is -2.14. The van der Waals surface area contributed by atoms with Crippen LogP contribution in [-0.2, 0) is 20.9 Å². The Morgan fingerprint density at radius 3 is 2.41 bits per heavy atom. The van der Waals surface area contributed by atoms with Crippen molar-refractivity contribution < 1.29 is 24.2 Å². The van der Waals surface area contributed by atoms with E-state index >= 15 is 0 Å². The molecule has 0 heterocycles. The summed E-state index contributed by atoms with van der Waals surface area (Å²) in [6, 6.07) is 15.8. The van der Waals surface area contributed by atoms with Crippen molar-refractivity contribution in [2.24, 2.45) is 0 Å². The molecule has 2 aromatic rings.